The SMILES string of the molecule is C=C(C)/C=C(\C=C(/F)CCC(OCC)=C1CCC1)c1c(C)ccc(OC)c1C.CC(C)CC(C(N)=O)n1cc(CCN(C)C)[c-]cc1=O.[Fe]. The number of allylic oxidation sites excluding steroid dienone is 7. The minimum Gasteiger partial charge on any atom is -0.498 e. The first kappa shape index (κ1) is 43.6. The molecule has 3 rings (SSSR count). The molecule has 0 radical (unpaired) electrons. The standard InChI is InChI=1S/C25H33FO2.C15H24N3O2.Fe/c1-7-28-24(20-9-8-10-20)14-12-22(26)16-21(15-17(2)3)25-18(4)11-13-23(27-6)19(25)5;1-11(2)9-13(15(16)20)18-10-12(5-6-14(18)19)7-8-17(3)4;/h11,13,15-16H,2,7-10,12,14H2,1,3-6H3;6,10-11,13H,7-9H2,1-4H3,(H2,16,20);/q;-1;/b21-15+,22-16-;;. The molecule has 1 aliphatic rings. The Morgan fingerprint density at radius 1 is 1.18 bits per heavy atom. The molecule has 7 nitrogen and oxygen atoms in total. The number of carbonyl (C=O) groups is 1. The van der Waals surface area contributed by atoms with Crippen LogP contribution in [-0.4, -0.2) is 49.7 Å². The van der Waals surface area contributed by atoms with Crippen molar-refractivity contribution in [3.8, 4) is 5.75 Å². The molecule has 1 heterocycles. The molecule has 49 heavy (non-hydrogen) atoms. The molecule has 1 aromatic heterocycles. The number of hydrogen-bond acceptors (Lipinski definition) is 5. The Bertz CT molecular complexity index is 1550. The molecular formula is C40H57FFeN3O4-. The van der Waals surface area contributed by atoms with E-state index in [2.05, 4.69) is 17.5 Å². The van der Waals surface area contributed by atoms with E-state index in [1.54, 1.807) is 19.4 Å². The number of halogens is 1. The largest absolute Gasteiger partial charge is 0.498 e. The molecule has 0 saturated heterocycles. The summed E-state index contributed by atoms with van der Waals surface area (Å²) in [6.07, 6.45) is 11.0. The number of likely N-dealkylation sites (N-methyl/N-ethyl adjacent to an activating group) is 1. The molecule has 1 fully saturated rings. The number of carbonyl (C=O) groups excluding carboxylic acids is 1. The fourth-order valence-electron chi connectivity index (χ4n) is 5.61. The summed E-state index contributed by atoms with van der Waals surface area (Å²) in [6, 6.07) is 7.73. The Hall–Kier alpha value is -3.39. The van der Waals surface area contributed by atoms with Crippen molar-refractivity contribution in [3.63, 3.8) is 0 Å². The maximum atomic E-state index is 14.9. The summed E-state index contributed by atoms with van der Waals surface area (Å²) in [5.74, 6) is 1.46. The second-order valence-electron chi connectivity index (χ2n) is 13.2. The van der Waals surface area contributed by atoms with Crippen LogP contribution in [0.1, 0.15) is 94.5 Å². The first-order valence-electron chi connectivity index (χ1n) is 17.0. The number of amides is 1. The van der Waals surface area contributed by atoms with Crippen LogP contribution in [0.2, 0.25) is 0 Å². The smallest absolute Gasteiger partial charge is 0.238 e. The summed E-state index contributed by atoms with van der Waals surface area (Å²) in [4.78, 5) is 25.6. The van der Waals surface area contributed by atoms with E-state index in [1.165, 1.54) is 22.6 Å². The molecule has 1 aromatic carbocycles. The third kappa shape index (κ3) is 14.2. The maximum Gasteiger partial charge on any atom is 0.238 e. The molecule has 0 bridgehead atoms. The molecule has 2 aromatic rings. The molecule has 1 aliphatic carbocycles. The van der Waals surface area contributed by atoms with E-state index < -0.39 is 11.9 Å². The molecule has 1 saturated carbocycles. The number of methoxy groups -OCH3 is 1. The molecule has 0 aliphatic heterocycles. The average Bonchev–Trinajstić information content (AvgIpc) is 2.97. The quantitative estimate of drug-likeness (QED) is 0.0819. The van der Waals surface area contributed by atoms with Crippen LogP contribution in [0.4, 0.5) is 4.39 Å². The van der Waals surface area contributed by atoms with Gasteiger partial charge in [0.25, 0.3) is 0 Å². The van der Waals surface area contributed by atoms with Gasteiger partial charge in [0, 0.05) is 29.9 Å². The Balaban J connectivity index is 0.000000507. The number of nitrogens with two attached hydrogens (primary N) is 1. The average molecular weight is 719 g/mol. The summed E-state index contributed by atoms with van der Waals surface area (Å²) >= 11 is 0. The summed E-state index contributed by atoms with van der Waals surface area (Å²) < 4.78 is 27.6. The zero-order valence-electron chi connectivity index (χ0n) is 31.0. The van der Waals surface area contributed by atoms with Gasteiger partial charge in [0.1, 0.15) is 17.1 Å². The number of hydrogen-bond donors (Lipinski definition) is 1. The molecule has 0 spiro atoms. The van der Waals surface area contributed by atoms with Gasteiger partial charge in [-0.25, -0.2) is 4.39 Å². The van der Waals surface area contributed by atoms with Crippen molar-refractivity contribution >= 4 is 11.5 Å². The van der Waals surface area contributed by atoms with Crippen molar-refractivity contribution in [1.82, 2.24) is 9.47 Å². The van der Waals surface area contributed by atoms with Crippen molar-refractivity contribution < 1.29 is 35.7 Å². The summed E-state index contributed by atoms with van der Waals surface area (Å²) in [7, 11) is 5.63. The van der Waals surface area contributed by atoms with E-state index in [0.29, 0.717) is 25.9 Å². The van der Waals surface area contributed by atoms with Crippen molar-refractivity contribution in [2.75, 3.05) is 34.4 Å². The third-order valence-corrected chi connectivity index (χ3v) is 8.22. The fraction of sp³-hybridized carbons (Fsp3) is 0.500. The van der Waals surface area contributed by atoms with Gasteiger partial charge in [0.15, 0.2) is 0 Å². The summed E-state index contributed by atoms with van der Waals surface area (Å²) in [6.45, 7) is 17.4. The molecule has 1 amide bonds. The number of nitrogens with zero attached hydrogens (tertiary/aromatic N) is 2. The van der Waals surface area contributed by atoms with Crippen molar-refractivity contribution in [1.29, 1.82) is 0 Å². The van der Waals surface area contributed by atoms with Crippen LogP contribution in [0, 0.1) is 25.8 Å². The number of aryl methyl sites for hydroxylation is 1. The Morgan fingerprint density at radius 3 is 2.37 bits per heavy atom. The van der Waals surface area contributed by atoms with Gasteiger partial charge in [-0.05, 0) is 126 Å². The Morgan fingerprint density at radius 2 is 1.86 bits per heavy atom. The predicted molar refractivity (Wildman–Crippen MR) is 196 cm³/mol. The van der Waals surface area contributed by atoms with Gasteiger partial charge >= 0.3 is 0 Å². The number of primary amides is 1. The molecule has 2 N–H and O–H groups in total. The molecular weight excluding hydrogens is 661 g/mol. The van der Waals surface area contributed by atoms with Crippen LogP contribution in [-0.2, 0) is 33.0 Å². The van der Waals surface area contributed by atoms with Gasteiger partial charge in [-0.3, -0.25) is 4.79 Å². The van der Waals surface area contributed by atoms with Gasteiger partial charge in [-0.1, -0.05) is 44.3 Å². The van der Waals surface area contributed by atoms with E-state index in [0.717, 1.165) is 70.7 Å². The summed E-state index contributed by atoms with van der Waals surface area (Å²) in [5, 5.41) is 0. The van der Waals surface area contributed by atoms with Crippen molar-refractivity contribution in [2.45, 2.75) is 92.5 Å². The first-order valence-corrected chi connectivity index (χ1v) is 17.0. The molecule has 272 valence electrons. The van der Waals surface area contributed by atoms with Crippen LogP contribution < -0.4 is 16.0 Å². The second kappa shape index (κ2) is 21.6. The van der Waals surface area contributed by atoms with Crippen LogP contribution in [0.3, 0.4) is 0 Å². The Kier molecular flexibility index (Phi) is 19.3. The van der Waals surface area contributed by atoms with Crippen molar-refractivity contribution in [3.05, 3.63) is 105 Å². The minimum absolute atomic E-state index is 0. The van der Waals surface area contributed by atoms with Gasteiger partial charge in [-0.2, -0.15) is 6.07 Å². The van der Waals surface area contributed by atoms with Crippen LogP contribution in [0.15, 0.2) is 70.7 Å². The molecule has 1 unspecified atom stereocenters. The van der Waals surface area contributed by atoms with Crippen LogP contribution >= 0.6 is 0 Å². The minimum atomic E-state index is -0.588. The topological polar surface area (TPSA) is 86.8 Å². The van der Waals surface area contributed by atoms with E-state index in [-0.39, 0.29) is 34.4 Å². The van der Waals surface area contributed by atoms with E-state index >= 15 is 0 Å². The van der Waals surface area contributed by atoms with E-state index in [1.807, 2.05) is 73.8 Å². The van der Waals surface area contributed by atoms with Crippen LogP contribution in [0.25, 0.3) is 5.57 Å². The van der Waals surface area contributed by atoms with Crippen LogP contribution in [0.5, 0.6) is 5.75 Å². The fourth-order valence-corrected chi connectivity index (χ4v) is 5.61. The van der Waals surface area contributed by atoms with Gasteiger partial charge in [-0.15, -0.1) is 11.6 Å². The monoisotopic (exact) mass is 718 g/mol. The van der Waals surface area contributed by atoms with Gasteiger partial charge in [0.2, 0.25) is 5.91 Å². The van der Waals surface area contributed by atoms with E-state index in [4.69, 9.17) is 15.2 Å². The normalized spacial score (nSPS) is 13.6. The number of aromatic nitrogens is 1. The second-order valence-corrected chi connectivity index (χ2v) is 13.2. The third-order valence-electron chi connectivity index (χ3n) is 8.22. The number of rotatable bonds is 16. The molecule has 1 atom stereocenters. The zero-order valence-corrected chi connectivity index (χ0v) is 32.1. The number of pyridine rings is 1. The maximum absolute atomic E-state index is 14.9. The van der Waals surface area contributed by atoms with Gasteiger partial charge < -0.3 is 29.5 Å². The predicted octanol–water partition coefficient (Wildman–Crippen LogP) is 8.20. The zero-order chi connectivity index (χ0) is 36.0. The van der Waals surface area contributed by atoms with Gasteiger partial charge in [0.05, 0.1) is 25.5 Å². The number of benzene rings is 1. The summed E-state index contributed by atoms with van der Waals surface area (Å²) in [5.41, 5.74) is 12.3. The first-order chi connectivity index (χ1) is 22.7. The number of ether oxygens (including phenoxy) is 2. The van der Waals surface area contributed by atoms with Crippen molar-refractivity contribution in [2.24, 2.45) is 11.7 Å². The van der Waals surface area contributed by atoms with E-state index in [9.17, 15) is 14.0 Å². The Labute approximate surface area is 304 Å². The molecule has 9 heteroatoms.